The van der Waals surface area contributed by atoms with E-state index in [1.165, 1.54) is 69.9 Å². The van der Waals surface area contributed by atoms with Gasteiger partial charge in [-0.05, 0) is 37.8 Å². The van der Waals surface area contributed by atoms with E-state index in [-0.39, 0.29) is 0 Å². The van der Waals surface area contributed by atoms with Gasteiger partial charge in [0.25, 0.3) is 0 Å². The zero-order valence-electron chi connectivity index (χ0n) is 11.5. The molecule has 1 nitrogen and oxygen atoms in total. The lowest BCUT2D eigenvalue weighted by molar-refractivity contribution is 0.388. The molecule has 0 amide bonds. The number of hydrogen-bond acceptors (Lipinski definition) is 1. The second-order valence-electron chi connectivity index (χ2n) is 5.59. The van der Waals surface area contributed by atoms with Crippen LogP contribution in [-0.2, 0) is 6.42 Å². The summed E-state index contributed by atoms with van der Waals surface area (Å²) in [5.74, 6) is 0. The van der Waals surface area contributed by atoms with Crippen LogP contribution in [0.1, 0.15) is 56.9 Å². The van der Waals surface area contributed by atoms with E-state index < -0.39 is 0 Å². The summed E-state index contributed by atoms with van der Waals surface area (Å²) in [6, 6.07) is 11.6. The van der Waals surface area contributed by atoms with Crippen molar-refractivity contribution < 1.29 is 0 Å². The lowest BCUT2D eigenvalue weighted by Gasteiger charge is -2.21. The van der Waals surface area contributed by atoms with Gasteiger partial charge in [0.15, 0.2) is 0 Å². The summed E-state index contributed by atoms with van der Waals surface area (Å²) < 4.78 is 0. The van der Waals surface area contributed by atoms with Crippen LogP contribution in [0.4, 0.5) is 0 Å². The van der Waals surface area contributed by atoms with Crippen LogP contribution in [0.15, 0.2) is 30.3 Å². The molecule has 0 atom stereocenters. The highest BCUT2D eigenvalue weighted by Gasteiger charge is 2.09. The Balaban J connectivity index is 1.59. The molecule has 1 aliphatic rings. The Bertz CT molecular complexity index is 299. The molecule has 0 aliphatic heterocycles. The van der Waals surface area contributed by atoms with Crippen molar-refractivity contribution in [1.29, 1.82) is 0 Å². The molecule has 0 aromatic heterocycles. The van der Waals surface area contributed by atoms with Crippen molar-refractivity contribution in [1.82, 2.24) is 5.32 Å². The molecule has 1 aromatic carbocycles. The Morgan fingerprint density at radius 2 is 1.56 bits per heavy atom. The summed E-state index contributed by atoms with van der Waals surface area (Å²) in [6.45, 7) is 1.18. The van der Waals surface area contributed by atoms with Gasteiger partial charge in [0.05, 0.1) is 0 Å². The minimum Gasteiger partial charge on any atom is -0.314 e. The van der Waals surface area contributed by atoms with Gasteiger partial charge >= 0.3 is 0 Å². The molecule has 18 heavy (non-hydrogen) atoms. The quantitative estimate of drug-likeness (QED) is 0.762. The average Bonchev–Trinajstić information content (AvgIpc) is 2.38. The molecule has 2 rings (SSSR count). The molecule has 1 saturated carbocycles. The first-order chi connectivity index (χ1) is 8.95. The lowest BCUT2D eigenvalue weighted by atomic mass is 9.96. The van der Waals surface area contributed by atoms with Crippen molar-refractivity contribution in [2.45, 2.75) is 63.8 Å². The fraction of sp³-hybridized carbons (Fsp3) is 0.647. The van der Waals surface area contributed by atoms with E-state index in [0.717, 1.165) is 6.04 Å². The third kappa shape index (κ3) is 5.22. The first kappa shape index (κ1) is 13.6. The molecule has 1 N–H and O–H groups in total. The highest BCUT2D eigenvalue weighted by atomic mass is 14.9. The number of rotatable bonds is 5. The fourth-order valence-corrected chi connectivity index (χ4v) is 2.90. The molecule has 1 aliphatic carbocycles. The lowest BCUT2D eigenvalue weighted by Crippen LogP contribution is -2.30. The summed E-state index contributed by atoms with van der Waals surface area (Å²) >= 11 is 0. The Morgan fingerprint density at radius 3 is 2.28 bits per heavy atom. The second kappa shape index (κ2) is 8.31. The fourth-order valence-electron chi connectivity index (χ4n) is 2.90. The predicted molar refractivity (Wildman–Crippen MR) is 78.9 cm³/mol. The first-order valence-corrected chi connectivity index (χ1v) is 7.72. The Kier molecular flexibility index (Phi) is 6.28. The van der Waals surface area contributed by atoms with Gasteiger partial charge in [0.1, 0.15) is 0 Å². The van der Waals surface area contributed by atoms with Gasteiger partial charge < -0.3 is 5.32 Å². The maximum Gasteiger partial charge on any atom is 0.00670 e. The maximum absolute atomic E-state index is 3.76. The highest BCUT2D eigenvalue weighted by molar-refractivity contribution is 5.14. The van der Waals surface area contributed by atoms with E-state index in [0.29, 0.717) is 0 Å². The van der Waals surface area contributed by atoms with E-state index in [2.05, 4.69) is 35.6 Å². The summed E-state index contributed by atoms with van der Waals surface area (Å²) in [4.78, 5) is 0. The van der Waals surface area contributed by atoms with Crippen molar-refractivity contribution in [3.63, 3.8) is 0 Å². The maximum atomic E-state index is 3.76. The number of benzene rings is 1. The van der Waals surface area contributed by atoms with Crippen LogP contribution < -0.4 is 5.32 Å². The average molecular weight is 245 g/mol. The highest BCUT2D eigenvalue weighted by Crippen LogP contribution is 2.17. The van der Waals surface area contributed by atoms with Gasteiger partial charge in [-0.2, -0.15) is 0 Å². The Hall–Kier alpha value is -0.820. The van der Waals surface area contributed by atoms with E-state index in [1.54, 1.807) is 0 Å². The van der Waals surface area contributed by atoms with Crippen molar-refractivity contribution >= 4 is 0 Å². The van der Waals surface area contributed by atoms with Crippen molar-refractivity contribution in [2.75, 3.05) is 6.54 Å². The van der Waals surface area contributed by atoms with E-state index in [9.17, 15) is 0 Å². The minimum absolute atomic E-state index is 0.793. The topological polar surface area (TPSA) is 12.0 Å². The number of nitrogens with one attached hydrogen (secondary N) is 1. The van der Waals surface area contributed by atoms with Crippen LogP contribution >= 0.6 is 0 Å². The summed E-state index contributed by atoms with van der Waals surface area (Å²) in [5, 5.41) is 3.76. The molecule has 1 aromatic rings. The first-order valence-electron chi connectivity index (χ1n) is 7.72. The predicted octanol–water partition coefficient (Wildman–Crippen LogP) is 4.32. The van der Waals surface area contributed by atoms with Gasteiger partial charge in [-0.3, -0.25) is 0 Å². The molecule has 0 radical (unpaired) electrons. The number of aryl methyl sites for hydroxylation is 1. The van der Waals surface area contributed by atoms with Crippen molar-refractivity contribution in [3.05, 3.63) is 35.9 Å². The van der Waals surface area contributed by atoms with E-state index >= 15 is 0 Å². The van der Waals surface area contributed by atoms with Crippen LogP contribution in [0, 0.1) is 0 Å². The van der Waals surface area contributed by atoms with Gasteiger partial charge in [-0.25, -0.2) is 0 Å². The molecular formula is C17H27N. The van der Waals surface area contributed by atoms with Crippen LogP contribution in [-0.4, -0.2) is 12.6 Å². The largest absolute Gasteiger partial charge is 0.314 e. The van der Waals surface area contributed by atoms with Crippen LogP contribution in [0.2, 0.25) is 0 Å². The molecule has 100 valence electrons. The van der Waals surface area contributed by atoms with Crippen LogP contribution in [0.25, 0.3) is 0 Å². The molecule has 0 saturated heterocycles. The summed E-state index contributed by atoms with van der Waals surface area (Å²) in [5.41, 5.74) is 1.47. The third-order valence-corrected chi connectivity index (χ3v) is 4.02. The van der Waals surface area contributed by atoms with E-state index in [1.807, 2.05) is 0 Å². The second-order valence-corrected chi connectivity index (χ2v) is 5.59. The number of hydrogen-bond donors (Lipinski definition) is 1. The minimum atomic E-state index is 0.793. The van der Waals surface area contributed by atoms with Crippen molar-refractivity contribution in [3.8, 4) is 0 Å². The summed E-state index contributed by atoms with van der Waals surface area (Å²) in [6.07, 6.45) is 12.5. The SMILES string of the molecule is c1ccc(CCCNC2CCCCCCC2)cc1. The zero-order chi connectivity index (χ0) is 12.5. The monoisotopic (exact) mass is 245 g/mol. The standard InChI is InChI=1S/C17H27N/c1-2-7-13-17(14-8-3-1)18-15-9-12-16-10-5-4-6-11-16/h4-6,10-11,17-18H,1-3,7-9,12-15H2. The van der Waals surface area contributed by atoms with Crippen LogP contribution in [0.5, 0.6) is 0 Å². The van der Waals surface area contributed by atoms with Gasteiger partial charge in [-0.15, -0.1) is 0 Å². The molecule has 0 spiro atoms. The van der Waals surface area contributed by atoms with E-state index in [4.69, 9.17) is 0 Å². The van der Waals surface area contributed by atoms with Crippen LogP contribution in [0.3, 0.4) is 0 Å². The molecule has 0 bridgehead atoms. The zero-order valence-corrected chi connectivity index (χ0v) is 11.5. The molecule has 0 heterocycles. The smallest absolute Gasteiger partial charge is 0.00670 e. The van der Waals surface area contributed by atoms with Gasteiger partial charge in [-0.1, -0.05) is 62.4 Å². The molecular weight excluding hydrogens is 218 g/mol. The van der Waals surface area contributed by atoms with Gasteiger partial charge in [0.2, 0.25) is 0 Å². The van der Waals surface area contributed by atoms with Crippen molar-refractivity contribution in [2.24, 2.45) is 0 Å². The Labute approximate surface area is 112 Å². The Morgan fingerprint density at radius 1 is 0.889 bits per heavy atom. The molecule has 0 unspecified atom stereocenters. The third-order valence-electron chi connectivity index (χ3n) is 4.02. The molecule has 1 fully saturated rings. The summed E-state index contributed by atoms with van der Waals surface area (Å²) in [7, 11) is 0. The normalized spacial score (nSPS) is 18.2. The van der Waals surface area contributed by atoms with Gasteiger partial charge in [0, 0.05) is 6.04 Å². The molecule has 1 heteroatoms.